The first kappa shape index (κ1) is 12.1. The van der Waals surface area contributed by atoms with Gasteiger partial charge in [-0.15, -0.1) is 0 Å². The highest BCUT2D eigenvalue weighted by molar-refractivity contribution is 6.52. The molecule has 0 saturated heterocycles. The number of fused-ring (bicyclic) bond motifs is 1. The maximum atomic E-state index is 12.4. The van der Waals surface area contributed by atoms with E-state index in [2.05, 4.69) is 0 Å². The highest BCUT2D eigenvalue weighted by atomic mass is 16.5. The normalized spacial score (nSPS) is 13.3. The molecular formula is C16H10N2O2. The Kier molecular flexibility index (Phi) is 2.62. The van der Waals surface area contributed by atoms with Gasteiger partial charge < -0.3 is 5.21 Å². The van der Waals surface area contributed by atoms with Crippen molar-refractivity contribution in [2.75, 3.05) is 0 Å². The lowest BCUT2D eigenvalue weighted by Gasteiger charge is -2.04. The summed E-state index contributed by atoms with van der Waals surface area (Å²) in [5.41, 5.74) is 2.57. The summed E-state index contributed by atoms with van der Waals surface area (Å²) in [6.07, 6.45) is 0. The average molecular weight is 262 g/mol. The largest absolute Gasteiger partial charge is 0.618 e. The summed E-state index contributed by atoms with van der Waals surface area (Å²) in [4.78, 5) is 12.4. The van der Waals surface area contributed by atoms with E-state index < -0.39 is 0 Å². The molecule has 4 nitrogen and oxygen atoms in total. The van der Waals surface area contributed by atoms with Gasteiger partial charge in [-0.2, -0.15) is 10.0 Å². The van der Waals surface area contributed by atoms with Gasteiger partial charge in [-0.25, -0.2) is 0 Å². The molecule has 0 amide bonds. The number of nitrogens with zero attached hydrogens (tertiary/aromatic N) is 2. The van der Waals surface area contributed by atoms with Crippen molar-refractivity contribution in [2.45, 2.75) is 6.92 Å². The zero-order chi connectivity index (χ0) is 14.3. The Balaban J connectivity index is 2.22. The molecular weight excluding hydrogens is 252 g/mol. The Morgan fingerprint density at radius 2 is 1.90 bits per heavy atom. The van der Waals surface area contributed by atoms with Gasteiger partial charge in [0.05, 0.1) is 17.2 Å². The predicted molar refractivity (Wildman–Crippen MR) is 74.1 cm³/mol. The first-order chi connectivity index (χ1) is 9.63. The minimum atomic E-state index is -0.332. The number of rotatable bonds is 1. The van der Waals surface area contributed by atoms with Crippen LogP contribution in [-0.2, 0) is 0 Å². The lowest BCUT2D eigenvalue weighted by Crippen LogP contribution is -2.17. The molecule has 0 unspecified atom stereocenters. The number of benzene rings is 2. The molecule has 0 aliphatic carbocycles. The first-order valence-corrected chi connectivity index (χ1v) is 6.12. The fourth-order valence-electron chi connectivity index (χ4n) is 2.38. The van der Waals surface area contributed by atoms with Gasteiger partial charge in [0.25, 0.3) is 11.5 Å². The van der Waals surface area contributed by atoms with Crippen LogP contribution in [0.25, 0.3) is 0 Å². The Hall–Kier alpha value is -2.93. The summed E-state index contributed by atoms with van der Waals surface area (Å²) in [5, 5.41) is 21.2. The number of Topliss-reactive ketones (excluding diaryl/α,β-unsaturated/α-hetero) is 1. The highest BCUT2D eigenvalue weighted by Crippen LogP contribution is 2.29. The van der Waals surface area contributed by atoms with Gasteiger partial charge in [0.15, 0.2) is 0 Å². The zero-order valence-electron chi connectivity index (χ0n) is 10.8. The molecule has 96 valence electrons. The van der Waals surface area contributed by atoms with E-state index in [4.69, 9.17) is 5.26 Å². The van der Waals surface area contributed by atoms with Crippen LogP contribution in [0.5, 0.6) is 0 Å². The average Bonchev–Trinajstić information content (AvgIpc) is 2.71. The van der Waals surface area contributed by atoms with Crippen LogP contribution in [0, 0.1) is 23.5 Å². The number of ketones is 1. The molecule has 0 saturated carbocycles. The predicted octanol–water partition coefficient (Wildman–Crippen LogP) is 2.69. The van der Waals surface area contributed by atoms with Crippen molar-refractivity contribution in [1.82, 2.24) is 0 Å². The molecule has 2 aromatic rings. The summed E-state index contributed by atoms with van der Waals surface area (Å²) in [5.74, 6) is -0.332. The molecule has 1 aliphatic heterocycles. The fraction of sp³-hybridized carbons (Fsp3) is 0.0625. The summed E-state index contributed by atoms with van der Waals surface area (Å²) in [7, 11) is 0. The van der Waals surface area contributed by atoms with Crippen LogP contribution in [0.1, 0.15) is 27.0 Å². The SMILES string of the molecule is Cc1ccccc1C1=[N+]([O-])c2ccc(C#N)cc2C1=O. The minimum Gasteiger partial charge on any atom is -0.618 e. The van der Waals surface area contributed by atoms with Crippen LogP contribution in [0.3, 0.4) is 0 Å². The quantitative estimate of drug-likeness (QED) is 0.586. The van der Waals surface area contributed by atoms with Gasteiger partial charge in [0, 0.05) is 6.07 Å². The maximum Gasteiger partial charge on any atom is 0.273 e. The molecule has 2 aromatic carbocycles. The van der Waals surface area contributed by atoms with Crippen molar-refractivity contribution in [3.63, 3.8) is 0 Å². The van der Waals surface area contributed by atoms with Crippen LogP contribution in [-0.4, -0.2) is 16.2 Å². The van der Waals surface area contributed by atoms with Gasteiger partial charge in [-0.05, 0) is 30.7 Å². The Morgan fingerprint density at radius 3 is 2.60 bits per heavy atom. The molecule has 3 rings (SSSR count). The molecule has 0 bridgehead atoms. The van der Waals surface area contributed by atoms with E-state index in [-0.39, 0.29) is 17.1 Å². The van der Waals surface area contributed by atoms with Crippen LogP contribution in [0.15, 0.2) is 42.5 Å². The molecule has 1 heterocycles. The lowest BCUT2D eigenvalue weighted by atomic mass is 9.98. The molecule has 0 N–H and O–H groups in total. The number of carbonyl (C=O) groups excluding carboxylic acids is 1. The monoisotopic (exact) mass is 262 g/mol. The molecule has 0 fully saturated rings. The smallest absolute Gasteiger partial charge is 0.273 e. The molecule has 0 aromatic heterocycles. The second kappa shape index (κ2) is 4.32. The molecule has 0 atom stereocenters. The summed E-state index contributed by atoms with van der Waals surface area (Å²) < 4.78 is 0.654. The van der Waals surface area contributed by atoms with Gasteiger partial charge >= 0.3 is 0 Å². The van der Waals surface area contributed by atoms with Gasteiger partial charge in [-0.1, -0.05) is 18.2 Å². The van der Waals surface area contributed by atoms with E-state index in [9.17, 15) is 10.0 Å². The third-order valence-corrected chi connectivity index (χ3v) is 3.41. The van der Waals surface area contributed by atoms with Crippen molar-refractivity contribution in [1.29, 1.82) is 5.26 Å². The summed E-state index contributed by atoms with van der Waals surface area (Å²) in [6, 6.07) is 13.8. The number of hydrogen-bond donors (Lipinski definition) is 0. The first-order valence-electron chi connectivity index (χ1n) is 6.12. The van der Waals surface area contributed by atoms with Crippen molar-refractivity contribution in [2.24, 2.45) is 0 Å². The highest BCUT2D eigenvalue weighted by Gasteiger charge is 2.37. The van der Waals surface area contributed by atoms with E-state index in [1.165, 1.54) is 18.2 Å². The topological polar surface area (TPSA) is 66.9 Å². The van der Waals surface area contributed by atoms with Crippen molar-refractivity contribution >= 4 is 17.2 Å². The van der Waals surface area contributed by atoms with Crippen LogP contribution in [0.2, 0.25) is 0 Å². The number of carbonyl (C=O) groups is 1. The van der Waals surface area contributed by atoms with Crippen LogP contribution < -0.4 is 0 Å². The van der Waals surface area contributed by atoms with Crippen molar-refractivity contribution in [3.8, 4) is 6.07 Å². The molecule has 4 heteroatoms. The summed E-state index contributed by atoms with van der Waals surface area (Å²) >= 11 is 0. The Labute approximate surface area is 115 Å². The van der Waals surface area contributed by atoms with Gasteiger partial charge in [-0.3, -0.25) is 4.79 Å². The van der Waals surface area contributed by atoms with Crippen LogP contribution in [0.4, 0.5) is 5.69 Å². The molecule has 0 radical (unpaired) electrons. The van der Waals surface area contributed by atoms with Crippen LogP contribution >= 0.6 is 0 Å². The number of aryl methyl sites for hydroxylation is 1. The Bertz CT molecular complexity index is 813. The van der Waals surface area contributed by atoms with E-state index in [1.54, 1.807) is 12.1 Å². The molecule has 1 aliphatic rings. The molecule has 0 spiro atoms. The third-order valence-electron chi connectivity index (χ3n) is 3.41. The second-order valence-corrected chi connectivity index (χ2v) is 4.63. The fourth-order valence-corrected chi connectivity index (χ4v) is 2.38. The molecule has 20 heavy (non-hydrogen) atoms. The maximum absolute atomic E-state index is 12.4. The number of nitriles is 1. The third kappa shape index (κ3) is 1.61. The van der Waals surface area contributed by atoms with E-state index in [0.29, 0.717) is 21.6 Å². The van der Waals surface area contributed by atoms with Gasteiger partial charge in [0.2, 0.25) is 5.69 Å². The lowest BCUT2D eigenvalue weighted by molar-refractivity contribution is -0.355. The standard InChI is InChI=1S/C16H10N2O2/c1-10-4-2-3-5-12(10)15-16(19)13-8-11(9-17)6-7-14(13)18(15)20/h2-8H,1H3. The van der Waals surface area contributed by atoms with E-state index in [0.717, 1.165) is 5.56 Å². The van der Waals surface area contributed by atoms with Gasteiger partial charge in [0.1, 0.15) is 5.56 Å². The van der Waals surface area contributed by atoms with E-state index in [1.807, 2.05) is 25.1 Å². The number of hydrogen-bond acceptors (Lipinski definition) is 3. The summed E-state index contributed by atoms with van der Waals surface area (Å²) in [6.45, 7) is 1.85. The Morgan fingerprint density at radius 1 is 1.15 bits per heavy atom. The van der Waals surface area contributed by atoms with Crippen molar-refractivity contribution < 1.29 is 9.53 Å². The minimum absolute atomic E-state index is 0.119. The second-order valence-electron chi connectivity index (χ2n) is 4.63. The zero-order valence-corrected chi connectivity index (χ0v) is 10.8. The van der Waals surface area contributed by atoms with Crippen molar-refractivity contribution in [3.05, 3.63) is 69.9 Å². The van der Waals surface area contributed by atoms with E-state index >= 15 is 0 Å².